The van der Waals surface area contributed by atoms with Gasteiger partial charge < -0.3 is 15.4 Å². The van der Waals surface area contributed by atoms with Crippen LogP contribution in [0.15, 0.2) is 16.9 Å². The fourth-order valence-electron chi connectivity index (χ4n) is 2.35. The van der Waals surface area contributed by atoms with Crippen LogP contribution in [-0.4, -0.2) is 28.0 Å². The van der Waals surface area contributed by atoms with Crippen molar-refractivity contribution in [3.63, 3.8) is 0 Å². The number of pyridine rings is 1. The number of hydrogen-bond donors (Lipinski definition) is 3. The molecule has 1 aliphatic rings. The lowest BCUT2D eigenvalue weighted by Crippen LogP contribution is -2.36. The Hall–Kier alpha value is -2.11. The molecule has 2 rings (SSSR count). The summed E-state index contributed by atoms with van der Waals surface area (Å²) in [5.41, 5.74) is 0.322. The predicted molar refractivity (Wildman–Crippen MR) is 68.0 cm³/mol. The highest BCUT2D eigenvalue weighted by atomic mass is 16.4. The number of amides is 1. The van der Waals surface area contributed by atoms with Crippen LogP contribution >= 0.6 is 0 Å². The Bertz CT molecular complexity index is 564. The average molecular weight is 264 g/mol. The van der Waals surface area contributed by atoms with Crippen molar-refractivity contribution in [3.05, 3.63) is 33.7 Å². The van der Waals surface area contributed by atoms with E-state index in [2.05, 4.69) is 10.3 Å². The van der Waals surface area contributed by atoms with Gasteiger partial charge in [0.1, 0.15) is 5.56 Å². The molecule has 0 bridgehead atoms. The Labute approximate surface area is 109 Å². The van der Waals surface area contributed by atoms with E-state index in [1.807, 2.05) is 0 Å². The zero-order chi connectivity index (χ0) is 14.0. The smallest absolute Gasteiger partial charge is 0.306 e. The average Bonchev–Trinajstić information content (AvgIpc) is 2.77. The van der Waals surface area contributed by atoms with E-state index in [4.69, 9.17) is 5.11 Å². The van der Waals surface area contributed by atoms with Crippen LogP contribution in [0.5, 0.6) is 0 Å². The Balaban J connectivity index is 2.02. The second kappa shape index (κ2) is 5.26. The second-order valence-corrected chi connectivity index (χ2v) is 4.90. The summed E-state index contributed by atoms with van der Waals surface area (Å²) in [7, 11) is 0. The summed E-state index contributed by atoms with van der Waals surface area (Å²) in [6.07, 6.45) is 1.61. The molecule has 2 atom stereocenters. The number of carbonyl (C=O) groups is 2. The minimum atomic E-state index is -0.829. The van der Waals surface area contributed by atoms with Crippen LogP contribution in [0.3, 0.4) is 0 Å². The predicted octanol–water partition coefficient (Wildman–Crippen LogP) is 0.666. The van der Waals surface area contributed by atoms with E-state index in [1.165, 1.54) is 6.07 Å². The van der Waals surface area contributed by atoms with Crippen LogP contribution in [0.25, 0.3) is 0 Å². The summed E-state index contributed by atoms with van der Waals surface area (Å²) in [5.74, 6) is -1.68. The number of aliphatic carboxylic acids is 1. The normalized spacial score (nSPS) is 22.2. The van der Waals surface area contributed by atoms with Crippen molar-refractivity contribution in [2.24, 2.45) is 5.92 Å². The molecule has 0 saturated heterocycles. The topological polar surface area (TPSA) is 99.3 Å². The van der Waals surface area contributed by atoms with Crippen molar-refractivity contribution >= 4 is 11.9 Å². The van der Waals surface area contributed by atoms with Gasteiger partial charge in [0.2, 0.25) is 0 Å². The maximum atomic E-state index is 11.9. The van der Waals surface area contributed by atoms with Crippen molar-refractivity contribution < 1.29 is 14.7 Å². The highest BCUT2D eigenvalue weighted by molar-refractivity contribution is 5.94. The van der Waals surface area contributed by atoms with Gasteiger partial charge in [0.15, 0.2) is 0 Å². The van der Waals surface area contributed by atoms with E-state index in [9.17, 15) is 14.4 Å². The summed E-state index contributed by atoms with van der Waals surface area (Å²) >= 11 is 0. The first kappa shape index (κ1) is 13.3. The highest BCUT2D eigenvalue weighted by Crippen LogP contribution is 2.25. The van der Waals surface area contributed by atoms with Gasteiger partial charge in [-0.2, -0.15) is 0 Å². The fourth-order valence-corrected chi connectivity index (χ4v) is 2.35. The van der Waals surface area contributed by atoms with Gasteiger partial charge in [-0.15, -0.1) is 0 Å². The Kier molecular flexibility index (Phi) is 3.69. The summed E-state index contributed by atoms with van der Waals surface area (Å²) < 4.78 is 0. The molecule has 0 radical (unpaired) electrons. The zero-order valence-corrected chi connectivity index (χ0v) is 10.6. The molecule has 6 nitrogen and oxygen atoms in total. The SMILES string of the molecule is Cc1ccc(C(=O)N[C@H]2CC[C@@H](C(=O)O)C2)c(=O)[nH]1. The van der Waals surface area contributed by atoms with Gasteiger partial charge >= 0.3 is 5.97 Å². The first-order chi connectivity index (χ1) is 8.97. The van der Waals surface area contributed by atoms with E-state index in [1.54, 1.807) is 13.0 Å². The number of rotatable bonds is 3. The van der Waals surface area contributed by atoms with Crippen molar-refractivity contribution in [2.75, 3.05) is 0 Å². The molecule has 19 heavy (non-hydrogen) atoms. The highest BCUT2D eigenvalue weighted by Gasteiger charge is 2.30. The van der Waals surface area contributed by atoms with Crippen molar-refractivity contribution in [1.82, 2.24) is 10.3 Å². The first-order valence-corrected chi connectivity index (χ1v) is 6.21. The minimum Gasteiger partial charge on any atom is -0.481 e. The lowest BCUT2D eigenvalue weighted by Gasteiger charge is -2.12. The van der Waals surface area contributed by atoms with Gasteiger partial charge in [0, 0.05) is 11.7 Å². The van der Waals surface area contributed by atoms with E-state index >= 15 is 0 Å². The van der Waals surface area contributed by atoms with Crippen LogP contribution < -0.4 is 10.9 Å². The number of hydrogen-bond acceptors (Lipinski definition) is 3. The molecule has 1 aromatic heterocycles. The molecular formula is C13H16N2O4. The van der Waals surface area contributed by atoms with E-state index in [0.29, 0.717) is 25.0 Å². The third-order valence-electron chi connectivity index (χ3n) is 3.42. The molecule has 3 N–H and O–H groups in total. The maximum absolute atomic E-state index is 11.9. The lowest BCUT2D eigenvalue weighted by atomic mass is 10.1. The number of carboxylic acids is 1. The Morgan fingerprint density at radius 2 is 2.11 bits per heavy atom. The molecule has 1 aromatic rings. The number of aromatic amines is 1. The second-order valence-electron chi connectivity index (χ2n) is 4.90. The number of H-pyrrole nitrogens is 1. The number of aromatic nitrogens is 1. The van der Waals surface area contributed by atoms with Gasteiger partial charge in [0.05, 0.1) is 5.92 Å². The van der Waals surface area contributed by atoms with E-state index in [-0.39, 0.29) is 11.6 Å². The minimum absolute atomic E-state index is 0.0596. The van der Waals surface area contributed by atoms with Crippen LogP contribution in [0.4, 0.5) is 0 Å². The third kappa shape index (κ3) is 3.01. The molecular weight excluding hydrogens is 248 g/mol. The van der Waals surface area contributed by atoms with Crippen LogP contribution in [0, 0.1) is 12.8 Å². The molecule has 0 aliphatic heterocycles. The van der Waals surface area contributed by atoms with Crippen molar-refractivity contribution in [3.8, 4) is 0 Å². The first-order valence-electron chi connectivity index (χ1n) is 6.21. The Morgan fingerprint density at radius 3 is 2.68 bits per heavy atom. The van der Waals surface area contributed by atoms with Gasteiger partial charge in [-0.3, -0.25) is 14.4 Å². The van der Waals surface area contributed by atoms with Crippen molar-refractivity contribution in [2.45, 2.75) is 32.2 Å². The molecule has 6 heteroatoms. The summed E-state index contributed by atoms with van der Waals surface area (Å²) in [6, 6.07) is 2.97. The molecule has 1 saturated carbocycles. The number of carbonyl (C=O) groups excluding carboxylic acids is 1. The largest absolute Gasteiger partial charge is 0.481 e. The summed E-state index contributed by atoms with van der Waals surface area (Å²) in [4.78, 5) is 36.9. The molecule has 1 amide bonds. The van der Waals surface area contributed by atoms with Crippen molar-refractivity contribution in [1.29, 1.82) is 0 Å². The quantitative estimate of drug-likeness (QED) is 0.747. The zero-order valence-electron chi connectivity index (χ0n) is 10.6. The maximum Gasteiger partial charge on any atom is 0.306 e. The van der Waals surface area contributed by atoms with Crippen LogP contribution in [0.1, 0.15) is 35.3 Å². The van der Waals surface area contributed by atoms with Crippen LogP contribution in [0.2, 0.25) is 0 Å². The molecule has 1 fully saturated rings. The van der Waals surface area contributed by atoms with E-state index < -0.39 is 23.4 Å². The molecule has 1 aliphatic carbocycles. The number of carboxylic acid groups (broad SMARTS) is 1. The van der Waals surface area contributed by atoms with Gasteiger partial charge in [-0.1, -0.05) is 0 Å². The monoisotopic (exact) mass is 264 g/mol. The fraction of sp³-hybridized carbons (Fsp3) is 0.462. The number of nitrogens with one attached hydrogen (secondary N) is 2. The lowest BCUT2D eigenvalue weighted by molar-refractivity contribution is -0.141. The van der Waals surface area contributed by atoms with E-state index in [0.717, 1.165) is 0 Å². The molecule has 0 aromatic carbocycles. The summed E-state index contributed by atoms with van der Waals surface area (Å²) in [5, 5.41) is 11.6. The standard InChI is InChI=1S/C13H16N2O4/c1-7-2-5-10(11(16)14-7)12(17)15-9-4-3-8(6-9)13(18)19/h2,5,8-9H,3-4,6H2,1H3,(H,14,16)(H,15,17)(H,18,19)/t8-,9+/m1/s1. The Morgan fingerprint density at radius 1 is 1.37 bits per heavy atom. The third-order valence-corrected chi connectivity index (χ3v) is 3.42. The molecule has 0 unspecified atom stereocenters. The van der Waals surface area contributed by atoms with Crippen LogP contribution in [-0.2, 0) is 4.79 Å². The number of aryl methyl sites for hydroxylation is 1. The molecule has 0 spiro atoms. The van der Waals surface area contributed by atoms with Gasteiger partial charge in [0.25, 0.3) is 11.5 Å². The molecule has 102 valence electrons. The van der Waals surface area contributed by atoms with Gasteiger partial charge in [-0.05, 0) is 38.3 Å². The van der Waals surface area contributed by atoms with Gasteiger partial charge in [-0.25, -0.2) is 0 Å². The summed E-state index contributed by atoms with van der Waals surface area (Å²) in [6.45, 7) is 1.73. The molecule has 1 heterocycles.